The molecule has 0 aliphatic carbocycles. The number of nitrogens with zero attached hydrogens (tertiary/aromatic N) is 3. The van der Waals surface area contributed by atoms with Crippen molar-refractivity contribution in [2.75, 3.05) is 11.4 Å². The Morgan fingerprint density at radius 3 is 2.46 bits per heavy atom. The minimum atomic E-state index is -4.71. The van der Waals surface area contributed by atoms with Crippen LogP contribution in [0, 0.1) is 11.3 Å². The molecular formula is C20H16F3N3OS. The van der Waals surface area contributed by atoms with Gasteiger partial charge in [-0.05, 0) is 42.9 Å². The normalized spacial score (nSPS) is 16.1. The summed E-state index contributed by atoms with van der Waals surface area (Å²) in [6, 6.07) is 14.1. The van der Waals surface area contributed by atoms with Gasteiger partial charge < -0.3 is 4.90 Å². The van der Waals surface area contributed by atoms with Crippen molar-refractivity contribution in [3.05, 3.63) is 65.2 Å². The molecule has 0 N–H and O–H groups in total. The number of benzene rings is 2. The molecular weight excluding hydrogens is 387 g/mol. The maximum absolute atomic E-state index is 13.3. The number of carbonyl (C=O) groups is 1. The molecule has 2 aromatic carbocycles. The Kier molecular flexibility index (Phi) is 5.38. The zero-order valence-corrected chi connectivity index (χ0v) is 15.7. The van der Waals surface area contributed by atoms with Crippen molar-refractivity contribution in [2.45, 2.75) is 25.6 Å². The van der Waals surface area contributed by atoms with Crippen molar-refractivity contribution in [3.8, 4) is 6.07 Å². The maximum atomic E-state index is 13.3. The monoisotopic (exact) mass is 403 g/mol. The number of alkyl halides is 3. The number of hydrogen-bond donors (Lipinski definition) is 0. The molecule has 28 heavy (non-hydrogen) atoms. The lowest BCUT2D eigenvalue weighted by Gasteiger charge is -2.40. The van der Waals surface area contributed by atoms with Crippen LogP contribution in [0.1, 0.15) is 36.1 Å². The molecule has 2 aromatic rings. The second kappa shape index (κ2) is 7.60. The molecule has 1 heterocycles. The Hall–Kier alpha value is -2.92. The molecule has 1 atom stereocenters. The number of carbonyl (C=O) groups excluding carboxylic acids is 1. The lowest BCUT2D eigenvalue weighted by Crippen LogP contribution is -2.53. The van der Waals surface area contributed by atoms with Crippen LogP contribution >= 0.6 is 12.2 Å². The van der Waals surface area contributed by atoms with Crippen molar-refractivity contribution in [1.82, 2.24) is 4.90 Å². The fourth-order valence-corrected chi connectivity index (χ4v) is 3.64. The standard InChI is InChI=1S/C20H16F3N3OS/c1-13(14-5-3-2-4-6-14)25-10-9-18(27)26(19(25)28)16-8-7-15(12-24)17(11-16)20(21,22)23/h2-8,11,13H,9-10H2,1H3/t13-/m0/s1. The second-order valence-corrected chi connectivity index (χ2v) is 6.75. The van der Waals surface area contributed by atoms with Crippen molar-refractivity contribution in [1.29, 1.82) is 5.26 Å². The number of amides is 1. The number of hydrogen-bond acceptors (Lipinski definition) is 3. The van der Waals surface area contributed by atoms with E-state index in [1.165, 1.54) is 12.1 Å². The Morgan fingerprint density at radius 1 is 1.18 bits per heavy atom. The molecule has 144 valence electrons. The third kappa shape index (κ3) is 3.71. The zero-order valence-electron chi connectivity index (χ0n) is 14.9. The van der Waals surface area contributed by atoms with Gasteiger partial charge in [0, 0.05) is 13.0 Å². The Balaban J connectivity index is 1.98. The molecule has 1 saturated heterocycles. The summed E-state index contributed by atoms with van der Waals surface area (Å²) in [5.74, 6) is -0.376. The van der Waals surface area contributed by atoms with Gasteiger partial charge in [0.05, 0.1) is 28.9 Å². The van der Waals surface area contributed by atoms with Gasteiger partial charge in [0.15, 0.2) is 5.11 Å². The third-order valence-electron chi connectivity index (χ3n) is 4.69. The van der Waals surface area contributed by atoms with Crippen LogP contribution in [0.5, 0.6) is 0 Å². The van der Waals surface area contributed by atoms with Crippen molar-refractivity contribution < 1.29 is 18.0 Å². The highest BCUT2D eigenvalue weighted by molar-refractivity contribution is 7.80. The molecule has 4 nitrogen and oxygen atoms in total. The molecule has 3 rings (SSSR count). The van der Waals surface area contributed by atoms with E-state index in [1.807, 2.05) is 42.2 Å². The largest absolute Gasteiger partial charge is 0.417 e. The van der Waals surface area contributed by atoms with Gasteiger partial charge in [-0.3, -0.25) is 9.69 Å². The van der Waals surface area contributed by atoms with Crippen molar-refractivity contribution in [3.63, 3.8) is 0 Å². The fraction of sp³-hybridized carbons (Fsp3) is 0.250. The molecule has 0 radical (unpaired) electrons. The van der Waals surface area contributed by atoms with Gasteiger partial charge in [-0.1, -0.05) is 30.3 Å². The Labute approximate surface area is 165 Å². The van der Waals surface area contributed by atoms with E-state index in [9.17, 15) is 18.0 Å². The summed E-state index contributed by atoms with van der Waals surface area (Å²) in [4.78, 5) is 15.4. The highest BCUT2D eigenvalue weighted by Crippen LogP contribution is 2.36. The SMILES string of the molecule is C[C@@H](c1ccccc1)N1CCC(=O)N(c2ccc(C#N)c(C(F)(F)F)c2)C1=S. The smallest absolute Gasteiger partial charge is 0.341 e. The lowest BCUT2D eigenvalue weighted by atomic mass is 10.0. The summed E-state index contributed by atoms with van der Waals surface area (Å²) in [5, 5.41) is 9.11. The number of rotatable bonds is 3. The predicted octanol–water partition coefficient (Wildman–Crippen LogP) is 4.66. The first-order valence-electron chi connectivity index (χ1n) is 8.54. The van der Waals surface area contributed by atoms with E-state index >= 15 is 0 Å². The van der Waals surface area contributed by atoms with Crippen LogP contribution in [0.2, 0.25) is 0 Å². The van der Waals surface area contributed by atoms with Crippen molar-refractivity contribution >= 4 is 28.9 Å². The van der Waals surface area contributed by atoms with Crippen LogP contribution in [-0.2, 0) is 11.0 Å². The fourth-order valence-electron chi connectivity index (χ4n) is 3.19. The van der Waals surface area contributed by atoms with E-state index in [1.54, 1.807) is 0 Å². The van der Waals surface area contributed by atoms with Gasteiger partial charge in [-0.15, -0.1) is 0 Å². The van der Waals surface area contributed by atoms with Crippen molar-refractivity contribution in [2.24, 2.45) is 0 Å². The van der Waals surface area contributed by atoms with Crippen LogP contribution in [0.25, 0.3) is 0 Å². The summed E-state index contributed by atoms with van der Waals surface area (Å²) < 4.78 is 39.9. The van der Waals surface area contributed by atoms with Crippen LogP contribution in [0.3, 0.4) is 0 Å². The highest BCUT2D eigenvalue weighted by atomic mass is 32.1. The number of nitriles is 1. The molecule has 0 aromatic heterocycles. The first-order chi connectivity index (χ1) is 13.2. The van der Waals surface area contributed by atoms with E-state index < -0.39 is 17.3 Å². The Morgan fingerprint density at radius 2 is 1.86 bits per heavy atom. The molecule has 1 aliphatic rings. The lowest BCUT2D eigenvalue weighted by molar-refractivity contribution is -0.137. The first kappa shape index (κ1) is 19.8. The van der Waals surface area contributed by atoms with E-state index in [4.69, 9.17) is 17.5 Å². The summed E-state index contributed by atoms with van der Waals surface area (Å²) in [6.07, 6.45) is -4.59. The topological polar surface area (TPSA) is 47.3 Å². The van der Waals surface area contributed by atoms with Crippen LogP contribution < -0.4 is 4.90 Å². The van der Waals surface area contributed by atoms with E-state index in [2.05, 4.69) is 0 Å². The minimum Gasteiger partial charge on any atom is -0.341 e. The molecule has 1 aliphatic heterocycles. The molecule has 0 spiro atoms. The van der Waals surface area contributed by atoms with Gasteiger partial charge in [-0.2, -0.15) is 18.4 Å². The van der Waals surface area contributed by atoms with E-state index in [0.717, 1.165) is 22.6 Å². The number of thiocarbonyl (C=S) groups is 1. The summed E-state index contributed by atoms with van der Waals surface area (Å²) in [5.41, 5.74) is -0.598. The summed E-state index contributed by atoms with van der Waals surface area (Å²) in [6.45, 7) is 2.31. The molecule has 0 bridgehead atoms. The van der Waals surface area contributed by atoms with E-state index in [-0.39, 0.29) is 29.2 Å². The summed E-state index contributed by atoms with van der Waals surface area (Å²) in [7, 11) is 0. The third-order valence-corrected chi connectivity index (χ3v) is 5.11. The average molecular weight is 403 g/mol. The minimum absolute atomic E-state index is 0.00582. The van der Waals surface area contributed by atoms with Gasteiger partial charge in [-0.25, -0.2) is 0 Å². The average Bonchev–Trinajstić information content (AvgIpc) is 2.67. The zero-order chi connectivity index (χ0) is 20.5. The summed E-state index contributed by atoms with van der Waals surface area (Å²) >= 11 is 5.47. The van der Waals surface area contributed by atoms with Gasteiger partial charge in [0.25, 0.3) is 0 Å². The molecule has 0 unspecified atom stereocenters. The maximum Gasteiger partial charge on any atom is 0.417 e. The van der Waals surface area contributed by atoms with Crippen LogP contribution in [0.4, 0.5) is 18.9 Å². The molecule has 8 heteroatoms. The van der Waals surface area contributed by atoms with Gasteiger partial charge >= 0.3 is 6.18 Å². The highest BCUT2D eigenvalue weighted by Gasteiger charge is 2.37. The number of halogens is 3. The predicted molar refractivity (Wildman–Crippen MR) is 102 cm³/mol. The number of anilines is 1. The van der Waals surface area contributed by atoms with Crippen LogP contribution in [-0.4, -0.2) is 22.5 Å². The van der Waals surface area contributed by atoms with Gasteiger partial charge in [0.2, 0.25) is 5.91 Å². The molecule has 0 saturated carbocycles. The van der Waals surface area contributed by atoms with E-state index in [0.29, 0.717) is 6.54 Å². The molecule has 1 fully saturated rings. The first-order valence-corrected chi connectivity index (χ1v) is 8.94. The van der Waals surface area contributed by atoms with Gasteiger partial charge in [0.1, 0.15) is 0 Å². The van der Waals surface area contributed by atoms with Crippen LogP contribution in [0.15, 0.2) is 48.5 Å². The Bertz CT molecular complexity index is 953. The molecule has 1 amide bonds. The quantitative estimate of drug-likeness (QED) is 0.700. The second-order valence-electron chi connectivity index (χ2n) is 6.38.